The number of aromatic nitrogens is 4. The summed E-state index contributed by atoms with van der Waals surface area (Å²) in [6, 6.07) is 3.52. The molecule has 0 saturated carbocycles. The Hall–Kier alpha value is -3.51. The number of benzene rings is 1. The number of halogens is 2. The van der Waals surface area contributed by atoms with Gasteiger partial charge in [0.15, 0.2) is 5.82 Å². The first kappa shape index (κ1) is 23.2. The van der Waals surface area contributed by atoms with Crippen LogP contribution in [0.5, 0.6) is 0 Å². The average molecular weight is 482 g/mol. The second-order valence-corrected chi connectivity index (χ2v) is 7.38. The van der Waals surface area contributed by atoms with Gasteiger partial charge in [-0.2, -0.15) is 10.1 Å². The Morgan fingerprint density at radius 2 is 1.88 bits per heavy atom. The molecule has 0 unspecified atom stereocenters. The van der Waals surface area contributed by atoms with Gasteiger partial charge in [0.2, 0.25) is 0 Å². The Bertz CT molecular complexity index is 1190. The van der Waals surface area contributed by atoms with Crippen LogP contribution in [0.25, 0.3) is 0 Å². The van der Waals surface area contributed by atoms with Crippen molar-refractivity contribution in [1.82, 2.24) is 30.6 Å². The first-order valence-corrected chi connectivity index (χ1v) is 9.95. The predicted molar refractivity (Wildman–Crippen MR) is 113 cm³/mol. The number of rotatable bonds is 8. The lowest BCUT2D eigenvalue weighted by molar-refractivity contribution is -0.384. The van der Waals surface area contributed by atoms with Gasteiger partial charge in [-0.1, -0.05) is 28.4 Å². The number of hydrogen-bond acceptors (Lipinski definition) is 8. The molecule has 3 aromatic rings. The highest BCUT2D eigenvalue weighted by Crippen LogP contribution is 2.22. The molecule has 2 heterocycles. The van der Waals surface area contributed by atoms with Crippen LogP contribution in [0.15, 0.2) is 22.7 Å². The molecule has 0 fully saturated rings. The number of carbonyl (C=O) groups is 2. The molecule has 0 aliphatic rings. The molecule has 0 aliphatic carbocycles. The van der Waals surface area contributed by atoms with Crippen molar-refractivity contribution in [2.75, 3.05) is 13.1 Å². The highest BCUT2D eigenvalue weighted by atomic mass is 35.5. The summed E-state index contributed by atoms with van der Waals surface area (Å²) in [5.74, 6) is -1.14. The van der Waals surface area contributed by atoms with Gasteiger partial charge in [0.05, 0.1) is 31.9 Å². The zero-order valence-electron chi connectivity index (χ0n) is 16.9. The molecule has 3 rings (SSSR count). The number of aryl methyl sites for hydroxylation is 1. The van der Waals surface area contributed by atoms with E-state index in [1.807, 2.05) is 0 Å². The minimum atomic E-state index is -0.613. The highest BCUT2D eigenvalue weighted by Gasteiger charge is 2.18. The summed E-state index contributed by atoms with van der Waals surface area (Å²) in [7, 11) is 0. The summed E-state index contributed by atoms with van der Waals surface area (Å²) >= 11 is 12.0. The van der Waals surface area contributed by atoms with Gasteiger partial charge in [0.25, 0.3) is 11.6 Å². The van der Waals surface area contributed by atoms with Crippen molar-refractivity contribution in [2.45, 2.75) is 20.4 Å². The number of hydrogen-bond donors (Lipinski definition) is 2. The zero-order chi connectivity index (χ0) is 23.4. The lowest BCUT2D eigenvalue weighted by atomic mass is 10.2. The summed E-state index contributed by atoms with van der Waals surface area (Å²) in [6.45, 7) is 3.90. The standard InChI is InChI=1S/C18H17Cl2N7O5/c1-9-15(20)10(2)26(24-9)8-14-23-18(32-25-14)17(29)22-6-5-21-16(28)12-4-3-11(27(30)31)7-13(12)19/h3-4,7H,5-6,8H2,1-2H3,(H,21,28)(H,22,29). The van der Waals surface area contributed by atoms with E-state index in [0.29, 0.717) is 10.7 Å². The highest BCUT2D eigenvalue weighted by molar-refractivity contribution is 6.34. The van der Waals surface area contributed by atoms with Crippen molar-refractivity contribution >= 4 is 40.7 Å². The van der Waals surface area contributed by atoms with Crippen molar-refractivity contribution in [3.63, 3.8) is 0 Å². The molecular formula is C18H17Cl2N7O5. The van der Waals surface area contributed by atoms with Crippen molar-refractivity contribution < 1.29 is 19.0 Å². The number of carbonyl (C=O) groups excluding carboxylic acids is 2. The number of nitrogens with zero attached hydrogens (tertiary/aromatic N) is 5. The van der Waals surface area contributed by atoms with E-state index in [2.05, 4.69) is 25.9 Å². The van der Waals surface area contributed by atoms with Crippen LogP contribution in [-0.2, 0) is 6.54 Å². The van der Waals surface area contributed by atoms with Crippen LogP contribution in [0.3, 0.4) is 0 Å². The van der Waals surface area contributed by atoms with Crippen LogP contribution in [0.2, 0.25) is 10.0 Å². The maximum atomic E-state index is 12.2. The fourth-order valence-electron chi connectivity index (χ4n) is 2.70. The third-order valence-corrected chi connectivity index (χ3v) is 5.21. The minimum absolute atomic E-state index is 0.0528. The zero-order valence-corrected chi connectivity index (χ0v) is 18.4. The lowest BCUT2D eigenvalue weighted by Gasteiger charge is -2.07. The monoisotopic (exact) mass is 481 g/mol. The number of nitrogens with one attached hydrogen (secondary N) is 2. The molecule has 168 valence electrons. The second kappa shape index (κ2) is 9.75. The van der Waals surface area contributed by atoms with E-state index in [9.17, 15) is 19.7 Å². The van der Waals surface area contributed by atoms with Crippen LogP contribution in [0.4, 0.5) is 5.69 Å². The molecule has 2 amide bonds. The van der Waals surface area contributed by atoms with E-state index in [4.69, 9.17) is 27.7 Å². The molecule has 32 heavy (non-hydrogen) atoms. The van der Waals surface area contributed by atoms with Crippen LogP contribution in [-0.4, -0.2) is 49.7 Å². The minimum Gasteiger partial charge on any atom is -0.350 e. The molecular weight excluding hydrogens is 465 g/mol. The maximum Gasteiger partial charge on any atom is 0.316 e. The van der Waals surface area contributed by atoms with Crippen molar-refractivity contribution in [3.8, 4) is 0 Å². The number of nitro groups is 1. The summed E-state index contributed by atoms with van der Waals surface area (Å²) in [6.07, 6.45) is 0. The van der Waals surface area contributed by atoms with E-state index >= 15 is 0 Å². The molecule has 14 heteroatoms. The van der Waals surface area contributed by atoms with Gasteiger partial charge in [-0.25, -0.2) is 0 Å². The summed E-state index contributed by atoms with van der Waals surface area (Å²) < 4.78 is 6.56. The average Bonchev–Trinajstić information content (AvgIpc) is 3.31. The molecule has 0 spiro atoms. The molecule has 0 radical (unpaired) electrons. The third-order valence-electron chi connectivity index (χ3n) is 4.35. The first-order chi connectivity index (χ1) is 15.2. The number of nitro benzene ring substituents is 1. The van der Waals surface area contributed by atoms with Crippen molar-refractivity contribution in [2.24, 2.45) is 0 Å². The van der Waals surface area contributed by atoms with E-state index in [-0.39, 0.29) is 47.6 Å². The van der Waals surface area contributed by atoms with Crippen LogP contribution < -0.4 is 10.6 Å². The van der Waals surface area contributed by atoms with E-state index in [1.165, 1.54) is 12.1 Å². The van der Waals surface area contributed by atoms with Crippen molar-refractivity contribution in [1.29, 1.82) is 0 Å². The van der Waals surface area contributed by atoms with Gasteiger partial charge >= 0.3 is 11.8 Å². The van der Waals surface area contributed by atoms with E-state index in [1.54, 1.807) is 18.5 Å². The van der Waals surface area contributed by atoms with Crippen molar-refractivity contribution in [3.05, 3.63) is 67.0 Å². The summed E-state index contributed by atoms with van der Waals surface area (Å²) in [5.41, 5.74) is 1.26. The molecule has 12 nitrogen and oxygen atoms in total. The largest absolute Gasteiger partial charge is 0.350 e. The van der Waals surface area contributed by atoms with E-state index < -0.39 is 16.7 Å². The number of non-ortho nitro benzene ring substituents is 1. The quantitative estimate of drug-likeness (QED) is 0.281. The first-order valence-electron chi connectivity index (χ1n) is 9.19. The van der Waals surface area contributed by atoms with Crippen LogP contribution >= 0.6 is 23.2 Å². The normalized spacial score (nSPS) is 10.8. The predicted octanol–water partition coefficient (Wildman–Crippen LogP) is 2.31. The Morgan fingerprint density at radius 3 is 2.47 bits per heavy atom. The third kappa shape index (κ3) is 5.21. The Morgan fingerprint density at radius 1 is 1.19 bits per heavy atom. The Balaban J connectivity index is 1.49. The van der Waals surface area contributed by atoms with Gasteiger partial charge < -0.3 is 15.2 Å². The molecule has 0 atom stereocenters. The second-order valence-electron chi connectivity index (χ2n) is 6.59. The molecule has 0 aliphatic heterocycles. The molecule has 2 N–H and O–H groups in total. The fourth-order valence-corrected chi connectivity index (χ4v) is 3.09. The smallest absolute Gasteiger partial charge is 0.316 e. The molecule has 0 saturated heterocycles. The Labute approximate surface area is 191 Å². The van der Waals surface area contributed by atoms with Gasteiger partial charge in [-0.05, 0) is 19.9 Å². The molecule has 0 bridgehead atoms. The topological polar surface area (TPSA) is 158 Å². The maximum absolute atomic E-state index is 12.2. The molecule has 1 aromatic carbocycles. The van der Waals surface area contributed by atoms with Gasteiger partial charge in [-0.3, -0.25) is 24.4 Å². The fraction of sp³-hybridized carbons (Fsp3) is 0.278. The summed E-state index contributed by atoms with van der Waals surface area (Å²) in [5, 5.41) is 24.3. The van der Waals surface area contributed by atoms with Gasteiger partial charge in [0, 0.05) is 25.2 Å². The van der Waals surface area contributed by atoms with Gasteiger partial charge in [-0.15, -0.1) is 0 Å². The lowest BCUT2D eigenvalue weighted by Crippen LogP contribution is -2.35. The van der Waals surface area contributed by atoms with Crippen LogP contribution in [0.1, 0.15) is 38.3 Å². The SMILES string of the molecule is Cc1nn(Cc2noc(C(=O)NCCNC(=O)c3ccc([N+](=O)[O-])cc3Cl)n2)c(C)c1Cl. The van der Waals surface area contributed by atoms with Gasteiger partial charge in [0.1, 0.15) is 6.54 Å². The number of amides is 2. The summed E-state index contributed by atoms with van der Waals surface area (Å²) in [4.78, 5) is 38.5. The molecule has 2 aromatic heterocycles. The van der Waals surface area contributed by atoms with E-state index in [0.717, 1.165) is 11.8 Å². The van der Waals surface area contributed by atoms with Crippen LogP contribution in [0, 0.1) is 24.0 Å². The Kier molecular flexibility index (Phi) is 7.05.